The van der Waals surface area contributed by atoms with Gasteiger partial charge in [-0.2, -0.15) is 5.10 Å². The number of rotatable bonds is 7. The molecule has 3 heterocycles. The zero-order valence-electron chi connectivity index (χ0n) is 22.3. The number of halogens is 3. The van der Waals surface area contributed by atoms with E-state index >= 15 is 0 Å². The molecule has 5 rings (SSSR count). The molecule has 0 saturated carbocycles. The molecule has 14 heteroatoms. The van der Waals surface area contributed by atoms with E-state index in [1.807, 2.05) is 10.9 Å². The summed E-state index contributed by atoms with van der Waals surface area (Å²) in [5.74, 6) is 2.18. The number of carbonyl (C=O) groups is 1. The molecule has 2 aromatic carbocycles. The molecule has 2 aromatic heterocycles. The number of carbonyl (C=O) groups excluding carboxylic acids is 1. The Balaban J connectivity index is 1.24. The van der Waals surface area contributed by atoms with Gasteiger partial charge in [-0.15, -0.1) is 6.42 Å². The third kappa shape index (κ3) is 6.48. The first-order valence-corrected chi connectivity index (χ1v) is 13.7. The van der Waals surface area contributed by atoms with Crippen molar-refractivity contribution in [1.29, 1.82) is 0 Å². The number of ether oxygens (including phenoxy) is 2. The normalized spacial score (nSPS) is 14.1. The number of nitrogen functional groups attached to an aromatic ring is 1. The van der Waals surface area contributed by atoms with Crippen molar-refractivity contribution in [2.45, 2.75) is 25.0 Å². The molecule has 0 bridgehead atoms. The van der Waals surface area contributed by atoms with Crippen LogP contribution in [0.4, 0.5) is 20.7 Å². The summed E-state index contributed by atoms with van der Waals surface area (Å²) in [7, 11) is 0. The number of non-ortho nitro benzene ring substituents is 1. The molecule has 1 aliphatic heterocycles. The van der Waals surface area contributed by atoms with Gasteiger partial charge in [0, 0.05) is 54.3 Å². The van der Waals surface area contributed by atoms with Gasteiger partial charge < -0.3 is 20.1 Å². The van der Waals surface area contributed by atoms with Crippen molar-refractivity contribution in [3.05, 3.63) is 92.6 Å². The van der Waals surface area contributed by atoms with E-state index < -0.39 is 22.9 Å². The molecule has 1 fully saturated rings. The Labute approximate surface area is 255 Å². The Kier molecular flexibility index (Phi) is 8.66. The van der Waals surface area contributed by atoms with Crippen LogP contribution >= 0.6 is 23.2 Å². The first-order valence-electron chi connectivity index (χ1n) is 12.9. The molecule has 0 radical (unpaired) electrons. The average Bonchev–Trinajstić information content (AvgIpc) is 3.50. The highest BCUT2D eigenvalue weighted by molar-refractivity contribution is 6.36. The zero-order chi connectivity index (χ0) is 30.7. The molecule has 0 spiro atoms. The maximum absolute atomic E-state index is 14.1. The first-order chi connectivity index (χ1) is 20.6. The van der Waals surface area contributed by atoms with Gasteiger partial charge in [0.15, 0.2) is 17.7 Å². The van der Waals surface area contributed by atoms with E-state index in [0.29, 0.717) is 31.5 Å². The molecule has 4 aromatic rings. The number of hydrogen-bond acceptors (Lipinski definition) is 8. The fourth-order valence-corrected chi connectivity index (χ4v) is 5.16. The molecule has 1 saturated heterocycles. The summed E-state index contributed by atoms with van der Waals surface area (Å²) in [5.41, 5.74) is 7.44. The number of hydrogen-bond donors (Lipinski definition) is 1. The molecule has 1 amide bonds. The number of amides is 1. The largest absolute Gasteiger partial charge is 0.469 e. The first kappa shape index (κ1) is 29.6. The number of aromatic nitrogens is 3. The van der Waals surface area contributed by atoms with Crippen LogP contribution in [0.25, 0.3) is 11.1 Å². The monoisotopic (exact) mass is 624 g/mol. The lowest BCUT2D eigenvalue weighted by atomic mass is 10.1. The lowest BCUT2D eigenvalue weighted by molar-refractivity contribution is -0.384. The second-order valence-electron chi connectivity index (χ2n) is 9.58. The lowest BCUT2D eigenvalue weighted by Gasteiger charge is -2.31. The van der Waals surface area contributed by atoms with E-state index in [0.717, 1.165) is 11.6 Å². The smallest absolute Gasteiger partial charge is 0.415 e. The van der Waals surface area contributed by atoms with Gasteiger partial charge in [0.25, 0.3) is 5.69 Å². The summed E-state index contributed by atoms with van der Waals surface area (Å²) in [4.78, 5) is 28.7. The second-order valence-corrected chi connectivity index (χ2v) is 10.4. The number of likely N-dealkylation sites (tertiary alicyclic amines) is 1. The fraction of sp³-hybridized carbons (Fsp3) is 0.207. The molecule has 43 heavy (non-hydrogen) atoms. The summed E-state index contributed by atoms with van der Waals surface area (Å²) in [6, 6.07) is 9.46. The number of nitrogens with zero attached hydrogens (tertiary/aromatic N) is 5. The van der Waals surface area contributed by atoms with Crippen molar-refractivity contribution in [1.82, 2.24) is 19.7 Å². The third-order valence-electron chi connectivity index (χ3n) is 6.90. The van der Waals surface area contributed by atoms with Crippen molar-refractivity contribution in [2.75, 3.05) is 18.8 Å². The van der Waals surface area contributed by atoms with Gasteiger partial charge in [-0.1, -0.05) is 29.1 Å². The van der Waals surface area contributed by atoms with Crippen LogP contribution in [0.3, 0.4) is 0 Å². The second kappa shape index (κ2) is 12.6. The Morgan fingerprint density at radius 1 is 1.16 bits per heavy atom. The highest BCUT2D eigenvalue weighted by Gasteiger charge is 2.26. The maximum atomic E-state index is 14.1. The number of nitro benzene ring substituents is 1. The minimum absolute atomic E-state index is 0.0257. The zero-order valence-corrected chi connectivity index (χ0v) is 23.8. The summed E-state index contributed by atoms with van der Waals surface area (Å²) >= 11 is 12.3. The van der Waals surface area contributed by atoms with Gasteiger partial charge in [-0.25, -0.2) is 14.2 Å². The summed E-state index contributed by atoms with van der Waals surface area (Å²) in [5, 5.41) is 15.2. The van der Waals surface area contributed by atoms with Gasteiger partial charge in [0.2, 0.25) is 0 Å². The number of anilines is 1. The summed E-state index contributed by atoms with van der Waals surface area (Å²) < 4.78 is 27.2. The molecule has 1 atom stereocenters. The third-order valence-corrected chi connectivity index (χ3v) is 7.62. The quantitative estimate of drug-likeness (QED) is 0.107. The summed E-state index contributed by atoms with van der Waals surface area (Å²) in [6.45, 7) is 0.873. The van der Waals surface area contributed by atoms with E-state index in [4.69, 9.17) is 44.8 Å². The molecule has 11 nitrogen and oxygen atoms in total. The minimum Gasteiger partial charge on any atom is -0.469 e. The van der Waals surface area contributed by atoms with Crippen LogP contribution < -0.4 is 15.2 Å². The van der Waals surface area contributed by atoms with Crippen LogP contribution in [0.5, 0.6) is 11.5 Å². The van der Waals surface area contributed by atoms with E-state index in [1.54, 1.807) is 23.4 Å². The van der Waals surface area contributed by atoms with Crippen LogP contribution in [-0.4, -0.2) is 43.8 Å². The topological polar surface area (TPSA) is 139 Å². The van der Waals surface area contributed by atoms with Crippen LogP contribution in [0.15, 0.2) is 61.1 Å². The Bertz CT molecular complexity index is 1720. The lowest BCUT2D eigenvalue weighted by Crippen LogP contribution is -2.40. The molecule has 0 unspecified atom stereocenters. The van der Waals surface area contributed by atoms with Crippen molar-refractivity contribution in [2.24, 2.45) is 0 Å². The minimum atomic E-state index is -1.13. The predicted molar refractivity (Wildman–Crippen MR) is 157 cm³/mol. The van der Waals surface area contributed by atoms with E-state index in [2.05, 4.69) is 16.0 Å². The number of benzene rings is 2. The standard InChI is InChI=1S/C29H23Cl2FN6O5/c1-2-24(26-22(30)7-8-23(32)27(26)31)43-25-13-17(14-34-28(25)33)18-15-35-37(16-18)19-9-11-36(12-10-19)29(39)42-21-5-3-20(4-6-21)38(40)41/h1,3-8,13-16,19,24H,9-12H2,(H2,33,34)/t24-/m1/s1. The molecule has 1 aliphatic rings. The van der Waals surface area contributed by atoms with Crippen molar-refractivity contribution < 1.29 is 23.6 Å². The van der Waals surface area contributed by atoms with Crippen LogP contribution in [0.2, 0.25) is 10.0 Å². The van der Waals surface area contributed by atoms with Crippen molar-refractivity contribution >= 4 is 40.8 Å². The van der Waals surface area contributed by atoms with Gasteiger partial charge >= 0.3 is 6.09 Å². The van der Waals surface area contributed by atoms with Crippen LogP contribution in [0, 0.1) is 28.3 Å². The Hall–Kier alpha value is -4.86. The van der Waals surface area contributed by atoms with Gasteiger partial charge in [0.1, 0.15) is 11.6 Å². The molecular formula is C29H23Cl2FN6O5. The Morgan fingerprint density at radius 3 is 2.56 bits per heavy atom. The number of piperidine rings is 1. The highest BCUT2D eigenvalue weighted by atomic mass is 35.5. The summed E-state index contributed by atoms with van der Waals surface area (Å²) in [6.07, 6.45) is 10.4. The van der Waals surface area contributed by atoms with E-state index in [-0.39, 0.29) is 44.7 Å². The molecular weight excluding hydrogens is 602 g/mol. The van der Waals surface area contributed by atoms with Crippen molar-refractivity contribution in [3.8, 4) is 35.0 Å². The number of nitrogens with two attached hydrogens (primary N) is 1. The molecule has 2 N–H and O–H groups in total. The maximum Gasteiger partial charge on any atom is 0.415 e. The number of nitro groups is 1. The van der Waals surface area contributed by atoms with Crippen LogP contribution in [0.1, 0.15) is 30.6 Å². The van der Waals surface area contributed by atoms with E-state index in [9.17, 15) is 19.3 Å². The van der Waals surface area contributed by atoms with Gasteiger partial charge in [-0.05, 0) is 43.2 Å². The Morgan fingerprint density at radius 2 is 1.88 bits per heavy atom. The molecule has 220 valence electrons. The van der Waals surface area contributed by atoms with E-state index in [1.165, 1.54) is 30.3 Å². The number of terminal acetylenes is 1. The highest BCUT2D eigenvalue weighted by Crippen LogP contribution is 2.37. The average molecular weight is 625 g/mol. The van der Waals surface area contributed by atoms with Crippen molar-refractivity contribution in [3.63, 3.8) is 0 Å². The number of pyridine rings is 1. The predicted octanol–water partition coefficient (Wildman–Crippen LogP) is 6.47. The fourth-order valence-electron chi connectivity index (χ4n) is 4.59. The van der Waals surface area contributed by atoms with Gasteiger partial charge in [0.05, 0.1) is 27.2 Å². The van der Waals surface area contributed by atoms with Crippen LogP contribution in [-0.2, 0) is 0 Å². The SMILES string of the molecule is C#C[C@@H](Oc1cc(-c2cnn(C3CCN(C(=O)Oc4ccc([N+](=O)[O-])cc4)CC3)c2)cnc1N)c1c(Cl)ccc(F)c1Cl. The van der Waals surface area contributed by atoms with Gasteiger partial charge in [-0.3, -0.25) is 14.8 Å². The molecule has 0 aliphatic carbocycles.